The van der Waals surface area contributed by atoms with Crippen LogP contribution in [0.1, 0.15) is 17.4 Å². The van der Waals surface area contributed by atoms with Crippen molar-refractivity contribution in [1.29, 1.82) is 0 Å². The lowest BCUT2D eigenvalue weighted by molar-refractivity contribution is 1.01. The Labute approximate surface area is 111 Å². The summed E-state index contributed by atoms with van der Waals surface area (Å²) in [6.45, 7) is 1.95. The number of fused-ring (bicyclic) bond motifs is 1. The van der Waals surface area contributed by atoms with Crippen LogP contribution >= 0.6 is 32.9 Å². The van der Waals surface area contributed by atoms with Crippen LogP contribution in [0.15, 0.2) is 6.20 Å². The number of nitrogens with two attached hydrogens (primary N) is 2. The highest BCUT2D eigenvalue weighted by Gasteiger charge is 2.09. The van der Waals surface area contributed by atoms with Gasteiger partial charge in [-0.2, -0.15) is 9.97 Å². The molecule has 0 saturated carbocycles. The second-order valence-corrected chi connectivity index (χ2v) is 4.42. The van der Waals surface area contributed by atoms with Gasteiger partial charge in [0.05, 0.1) is 16.7 Å². The van der Waals surface area contributed by atoms with Gasteiger partial charge in [0.1, 0.15) is 0 Å². The number of hydrogen-bond acceptors (Lipinski definition) is 6. The molecule has 8 heteroatoms. The first kappa shape index (κ1) is 13.0. The van der Waals surface area contributed by atoms with Gasteiger partial charge < -0.3 is 11.5 Å². The van der Waals surface area contributed by atoms with Crippen LogP contribution in [-0.4, -0.2) is 19.9 Å². The Morgan fingerprint density at radius 1 is 1.25 bits per heavy atom. The van der Waals surface area contributed by atoms with Crippen molar-refractivity contribution in [1.82, 2.24) is 19.9 Å². The number of alkyl halides is 1. The highest BCUT2D eigenvalue weighted by atomic mass is 79.9. The van der Waals surface area contributed by atoms with Crippen LogP contribution in [-0.2, 0) is 0 Å². The van der Waals surface area contributed by atoms with Gasteiger partial charge in [-0.15, -0.1) is 17.0 Å². The first-order valence-electron chi connectivity index (χ1n) is 4.27. The van der Waals surface area contributed by atoms with E-state index in [2.05, 4.69) is 35.9 Å². The lowest BCUT2D eigenvalue weighted by atomic mass is 10.3. The summed E-state index contributed by atoms with van der Waals surface area (Å²) in [5.41, 5.74) is 12.8. The number of anilines is 2. The zero-order valence-corrected chi connectivity index (χ0v) is 11.7. The summed E-state index contributed by atoms with van der Waals surface area (Å²) in [7, 11) is 0. The molecule has 0 aliphatic heterocycles. The Balaban J connectivity index is 0.00000128. The molecule has 16 heavy (non-hydrogen) atoms. The molecule has 1 unspecified atom stereocenters. The average molecular weight is 350 g/mol. The zero-order chi connectivity index (χ0) is 11.0. The van der Waals surface area contributed by atoms with Crippen LogP contribution in [0.4, 0.5) is 11.8 Å². The van der Waals surface area contributed by atoms with E-state index in [4.69, 9.17) is 11.5 Å². The minimum absolute atomic E-state index is 0. The van der Waals surface area contributed by atoms with Gasteiger partial charge in [0, 0.05) is 0 Å². The number of aromatic nitrogens is 4. The predicted molar refractivity (Wildman–Crippen MR) is 71.6 cm³/mol. The van der Waals surface area contributed by atoms with Crippen molar-refractivity contribution in [3.8, 4) is 0 Å². The fraction of sp³-hybridized carbons (Fsp3) is 0.250. The van der Waals surface area contributed by atoms with E-state index in [-0.39, 0.29) is 33.6 Å². The molecule has 86 valence electrons. The van der Waals surface area contributed by atoms with Crippen molar-refractivity contribution in [3.63, 3.8) is 0 Å². The molecular formula is C8H10Br2N6. The van der Waals surface area contributed by atoms with Gasteiger partial charge in [-0.1, -0.05) is 15.9 Å². The summed E-state index contributed by atoms with van der Waals surface area (Å²) < 4.78 is 0. The molecule has 2 aromatic rings. The molecule has 0 aromatic carbocycles. The first-order valence-corrected chi connectivity index (χ1v) is 5.19. The topological polar surface area (TPSA) is 104 Å². The van der Waals surface area contributed by atoms with Crippen molar-refractivity contribution in [3.05, 3.63) is 11.9 Å². The van der Waals surface area contributed by atoms with Crippen LogP contribution in [0.5, 0.6) is 0 Å². The quantitative estimate of drug-likeness (QED) is 0.758. The second-order valence-electron chi connectivity index (χ2n) is 3.05. The third-order valence-electron chi connectivity index (χ3n) is 1.88. The lowest BCUT2D eigenvalue weighted by Gasteiger charge is -2.05. The summed E-state index contributed by atoms with van der Waals surface area (Å²) in [6, 6.07) is 0. The molecular weight excluding hydrogens is 340 g/mol. The monoisotopic (exact) mass is 348 g/mol. The SMILES string of the molecule is Br.CC(Br)c1cnc2nc(N)nc(N)c2n1. The van der Waals surface area contributed by atoms with Crippen LogP contribution < -0.4 is 11.5 Å². The number of hydrogen-bond donors (Lipinski definition) is 2. The highest BCUT2D eigenvalue weighted by molar-refractivity contribution is 9.09. The number of rotatable bonds is 1. The standard InChI is InChI=1S/C8H9BrN6.BrH/c1-3(9)4-2-12-7-5(13-4)6(10)14-8(11)15-7;/h2-3H,1H3,(H4,10,11,12,14,15);1H. The maximum atomic E-state index is 5.68. The Hall–Kier alpha value is -1.02. The van der Waals surface area contributed by atoms with E-state index in [0.29, 0.717) is 11.2 Å². The molecule has 0 aliphatic rings. The third kappa shape index (κ3) is 2.38. The van der Waals surface area contributed by atoms with E-state index in [1.54, 1.807) is 6.20 Å². The van der Waals surface area contributed by atoms with Crippen molar-refractivity contribution >= 4 is 55.8 Å². The third-order valence-corrected chi connectivity index (χ3v) is 2.35. The molecule has 4 N–H and O–H groups in total. The lowest BCUT2D eigenvalue weighted by Crippen LogP contribution is -2.04. The van der Waals surface area contributed by atoms with Crippen LogP contribution in [0.25, 0.3) is 11.2 Å². The molecule has 1 atom stereocenters. The summed E-state index contributed by atoms with van der Waals surface area (Å²) >= 11 is 3.40. The molecule has 0 saturated heterocycles. The van der Waals surface area contributed by atoms with Crippen LogP contribution in [0, 0.1) is 0 Å². The van der Waals surface area contributed by atoms with Gasteiger partial charge >= 0.3 is 0 Å². The van der Waals surface area contributed by atoms with E-state index in [1.165, 1.54) is 0 Å². The molecule has 0 fully saturated rings. The van der Waals surface area contributed by atoms with Crippen molar-refractivity contribution in [2.24, 2.45) is 0 Å². The Morgan fingerprint density at radius 2 is 1.94 bits per heavy atom. The van der Waals surface area contributed by atoms with E-state index in [0.717, 1.165) is 5.69 Å². The van der Waals surface area contributed by atoms with E-state index >= 15 is 0 Å². The summed E-state index contributed by atoms with van der Waals surface area (Å²) in [6.07, 6.45) is 1.63. The molecule has 0 aliphatic carbocycles. The summed E-state index contributed by atoms with van der Waals surface area (Å²) in [4.78, 5) is 16.3. The summed E-state index contributed by atoms with van der Waals surface area (Å²) in [5.74, 6) is 0.356. The average Bonchev–Trinajstić information content (AvgIpc) is 2.16. The molecule has 2 heterocycles. The van der Waals surface area contributed by atoms with Crippen molar-refractivity contribution < 1.29 is 0 Å². The summed E-state index contributed by atoms with van der Waals surface area (Å²) in [5, 5.41) is 0. The normalized spacial score (nSPS) is 12.1. The van der Waals surface area contributed by atoms with E-state index in [9.17, 15) is 0 Å². The predicted octanol–water partition coefficient (Wildman–Crippen LogP) is 1.62. The Kier molecular flexibility index (Phi) is 3.98. The van der Waals surface area contributed by atoms with E-state index in [1.807, 2.05) is 6.92 Å². The zero-order valence-electron chi connectivity index (χ0n) is 8.38. The largest absolute Gasteiger partial charge is 0.382 e. The fourth-order valence-electron chi connectivity index (χ4n) is 1.15. The molecule has 2 aromatic heterocycles. The minimum atomic E-state index is 0. The molecule has 0 spiro atoms. The Bertz CT molecular complexity index is 515. The molecule has 6 nitrogen and oxygen atoms in total. The van der Waals surface area contributed by atoms with Crippen molar-refractivity contribution in [2.45, 2.75) is 11.8 Å². The minimum Gasteiger partial charge on any atom is -0.382 e. The maximum Gasteiger partial charge on any atom is 0.224 e. The first-order chi connectivity index (χ1) is 7.08. The number of nitrogens with zero attached hydrogens (tertiary/aromatic N) is 4. The molecule has 0 radical (unpaired) electrons. The van der Waals surface area contributed by atoms with Gasteiger partial charge in [-0.05, 0) is 6.92 Å². The maximum absolute atomic E-state index is 5.68. The van der Waals surface area contributed by atoms with Gasteiger partial charge in [0.15, 0.2) is 17.0 Å². The van der Waals surface area contributed by atoms with Crippen LogP contribution in [0.3, 0.4) is 0 Å². The second kappa shape index (κ2) is 4.88. The number of nitrogen functional groups attached to an aromatic ring is 2. The van der Waals surface area contributed by atoms with E-state index < -0.39 is 0 Å². The van der Waals surface area contributed by atoms with Gasteiger partial charge in [0.2, 0.25) is 5.95 Å². The van der Waals surface area contributed by atoms with Crippen molar-refractivity contribution in [2.75, 3.05) is 11.5 Å². The highest BCUT2D eigenvalue weighted by Crippen LogP contribution is 2.22. The van der Waals surface area contributed by atoms with Gasteiger partial charge in [0.25, 0.3) is 0 Å². The molecule has 0 bridgehead atoms. The van der Waals surface area contributed by atoms with Gasteiger partial charge in [-0.3, -0.25) is 0 Å². The Morgan fingerprint density at radius 3 is 2.56 bits per heavy atom. The number of halogens is 2. The van der Waals surface area contributed by atoms with Gasteiger partial charge in [-0.25, -0.2) is 9.97 Å². The fourth-order valence-corrected chi connectivity index (χ4v) is 1.37. The molecule has 2 rings (SSSR count). The van der Waals surface area contributed by atoms with Crippen LogP contribution in [0.2, 0.25) is 0 Å². The smallest absolute Gasteiger partial charge is 0.224 e. The molecule has 0 amide bonds.